The maximum atomic E-state index is 9.39. The molecule has 1 aliphatic rings. The molecule has 0 radical (unpaired) electrons. The Bertz CT molecular complexity index is 554. The van der Waals surface area contributed by atoms with Gasteiger partial charge in [-0.2, -0.15) is 0 Å². The van der Waals surface area contributed by atoms with E-state index in [1.165, 1.54) is 12.8 Å². The SMILES string of the molecule is OCC(CSc1ncnc2ccccc12)NC1CC1. The Morgan fingerprint density at radius 2 is 2.16 bits per heavy atom. The van der Waals surface area contributed by atoms with Crippen molar-refractivity contribution >= 4 is 22.7 Å². The largest absolute Gasteiger partial charge is 0.395 e. The van der Waals surface area contributed by atoms with Crippen molar-refractivity contribution in [3.05, 3.63) is 30.6 Å². The zero-order chi connectivity index (χ0) is 13.1. The summed E-state index contributed by atoms with van der Waals surface area (Å²) in [6, 6.07) is 8.77. The fourth-order valence-corrected chi connectivity index (χ4v) is 3.02. The van der Waals surface area contributed by atoms with E-state index >= 15 is 0 Å². The third kappa shape index (κ3) is 3.23. The van der Waals surface area contributed by atoms with E-state index in [-0.39, 0.29) is 12.6 Å². The molecular formula is C14H17N3OS. The molecule has 5 heteroatoms. The molecule has 0 amide bonds. The highest BCUT2D eigenvalue weighted by Gasteiger charge is 2.24. The Morgan fingerprint density at radius 1 is 1.32 bits per heavy atom. The molecule has 0 saturated heterocycles. The lowest BCUT2D eigenvalue weighted by atomic mass is 10.2. The van der Waals surface area contributed by atoms with Gasteiger partial charge in [-0.15, -0.1) is 11.8 Å². The number of rotatable bonds is 6. The summed E-state index contributed by atoms with van der Waals surface area (Å²) in [5.41, 5.74) is 0.968. The molecule has 0 spiro atoms. The molecule has 1 aromatic heterocycles. The Hall–Kier alpha value is -1.17. The van der Waals surface area contributed by atoms with Crippen LogP contribution >= 0.6 is 11.8 Å². The van der Waals surface area contributed by atoms with Crippen molar-refractivity contribution in [2.24, 2.45) is 0 Å². The molecule has 3 rings (SSSR count). The summed E-state index contributed by atoms with van der Waals surface area (Å²) in [4.78, 5) is 8.61. The second-order valence-electron chi connectivity index (χ2n) is 4.83. The van der Waals surface area contributed by atoms with Gasteiger partial charge in [-0.05, 0) is 18.9 Å². The zero-order valence-corrected chi connectivity index (χ0v) is 11.4. The van der Waals surface area contributed by atoms with Gasteiger partial charge in [0, 0.05) is 23.2 Å². The van der Waals surface area contributed by atoms with Crippen LogP contribution in [0.3, 0.4) is 0 Å². The van der Waals surface area contributed by atoms with Gasteiger partial charge >= 0.3 is 0 Å². The summed E-state index contributed by atoms with van der Waals surface area (Å²) >= 11 is 1.68. The normalized spacial score (nSPS) is 16.7. The van der Waals surface area contributed by atoms with Crippen molar-refractivity contribution < 1.29 is 5.11 Å². The number of aromatic nitrogens is 2. The molecule has 1 heterocycles. The number of thioether (sulfide) groups is 1. The molecule has 100 valence electrons. The van der Waals surface area contributed by atoms with Crippen molar-refractivity contribution in [1.29, 1.82) is 0 Å². The highest BCUT2D eigenvalue weighted by Crippen LogP contribution is 2.26. The molecule has 2 aromatic rings. The predicted octanol–water partition coefficient (Wildman–Crippen LogP) is 1.83. The Balaban J connectivity index is 1.70. The quantitative estimate of drug-likeness (QED) is 0.622. The Labute approximate surface area is 116 Å². The number of nitrogens with zero attached hydrogens (tertiary/aromatic N) is 2. The molecule has 4 nitrogen and oxygen atoms in total. The number of hydrogen-bond acceptors (Lipinski definition) is 5. The number of nitrogens with one attached hydrogen (secondary N) is 1. The second-order valence-corrected chi connectivity index (χ2v) is 5.84. The van der Waals surface area contributed by atoms with Gasteiger partial charge < -0.3 is 10.4 Å². The molecule has 19 heavy (non-hydrogen) atoms. The van der Waals surface area contributed by atoms with E-state index in [4.69, 9.17) is 0 Å². The molecule has 1 saturated carbocycles. The van der Waals surface area contributed by atoms with E-state index in [9.17, 15) is 5.11 Å². The van der Waals surface area contributed by atoms with Crippen LogP contribution in [0.4, 0.5) is 0 Å². The average Bonchev–Trinajstić information content (AvgIpc) is 3.27. The molecule has 1 atom stereocenters. The lowest BCUT2D eigenvalue weighted by Crippen LogP contribution is -2.36. The van der Waals surface area contributed by atoms with E-state index < -0.39 is 0 Å². The van der Waals surface area contributed by atoms with Crippen molar-refractivity contribution in [1.82, 2.24) is 15.3 Å². The van der Waals surface area contributed by atoms with E-state index in [2.05, 4.69) is 15.3 Å². The van der Waals surface area contributed by atoms with Crippen LogP contribution in [0.25, 0.3) is 10.9 Å². The summed E-state index contributed by atoms with van der Waals surface area (Å²) in [7, 11) is 0. The van der Waals surface area contributed by atoms with Crippen LogP contribution in [0.2, 0.25) is 0 Å². The number of para-hydroxylation sites is 1. The first kappa shape index (κ1) is 12.8. The fourth-order valence-electron chi connectivity index (χ4n) is 2.01. The van der Waals surface area contributed by atoms with E-state index in [1.807, 2.05) is 24.3 Å². The third-order valence-electron chi connectivity index (χ3n) is 3.20. The summed E-state index contributed by atoms with van der Waals surface area (Å²) in [6.07, 6.45) is 4.07. The van der Waals surface area contributed by atoms with Gasteiger partial charge in [-0.25, -0.2) is 9.97 Å². The van der Waals surface area contributed by atoms with Gasteiger partial charge in [0.25, 0.3) is 0 Å². The minimum absolute atomic E-state index is 0.145. The minimum Gasteiger partial charge on any atom is -0.395 e. The van der Waals surface area contributed by atoms with Crippen LogP contribution in [0.1, 0.15) is 12.8 Å². The van der Waals surface area contributed by atoms with Crippen molar-refractivity contribution in [2.75, 3.05) is 12.4 Å². The van der Waals surface area contributed by atoms with Crippen LogP contribution in [0.5, 0.6) is 0 Å². The monoisotopic (exact) mass is 275 g/mol. The lowest BCUT2D eigenvalue weighted by Gasteiger charge is -2.15. The molecule has 1 aromatic carbocycles. The summed E-state index contributed by atoms with van der Waals surface area (Å²) in [5.74, 6) is 0.827. The van der Waals surface area contributed by atoms with Gasteiger partial charge in [-0.3, -0.25) is 0 Å². The highest BCUT2D eigenvalue weighted by atomic mass is 32.2. The van der Waals surface area contributed by atoms with Gasteiger partial charge in [0.1, 0.15) is 11.4 Å². The number of aliphatic hydroxyl groups is 1. The molecular weight excluding hydrogens is 258 g/mol. The third-order valence-corrected chi connectivity index (χ3v) is 4.36. The first-order valence-electron chi connectivity index (χ1n) is 6.56. The second kappa shape index (κ2) is 5.86. The standard InChI is InChI=1S/C14H17N3OS/c18-7-11(17-10-5-6-10)8-19-14-12-3-1-2-4-13(12)15-9-16-14/h1-4,9-11,17-18H,5-8H2. The summed E-state index contributed by atoms with van der Waals surface area (Å²) in [5, 5.41) is 14.9. The maximum absolute atomic E-state index is 9.39. The first-order chi connectivity index (χ1) is 9.36. The number of benzene rings is 1. The fraction of sp³-hybridized carbons (Fsp3) is 0.429. The van der Waals surface area contributed by atoms with Crippen molar-refractivity contribution in [3.63, 3.8) is 0 Å². The van der Waals surface area contributed by atoms with Crippen LogP contribution in [-0.4, -0.2) is 39.5 Å². The summed E-state index contributed by atoms with van der Waals surface area (Å²) < 4.78 is 0. The van der Waals surface area contributed by atoms with Crippen LogP contribution in [0, 0.1) is 0 Å². The van der Waals surface area contributed by atoms with Crippen molar-refractivity contribution in [3.8, 4) is 0 Å². The first-order valence-corrected chi connectivity index (χ1v) is 7.55. The average molecular weight is 275 g/mol. The summed E-state index contributed by atoms with van der Waals surface area (Å²) in [6.45, 7) is 0.173. The van der Waals surface area contributed by atoms with Gasteiger partial charge in [0.05, 0.1) is 12.1 Å². The number of fused-ring (bicyclic) bond motifs is 1. The molecule has 0 aliphatic heterocycles. The predicted molar refractivity (Wildman–Crippen MR) is 77.3 cm³/mol. The maximum Gasteiger partial charge on any atom is 0.117 e. The molecule has 1 fully saturated rings. The highest BCUT2D eigenvalue weighted by molar-refractivity contribution is 7.99. The topological polar surface area (TPSA) is 58.0 Å². The molecule has 1 unspecified atom stereocenters. The van der Waals surface area contributed by atoms with Crippen LogP contribution in [0.15, 0.2) is 35.6 Å². The van der Waals surface area contributed by atoms with E-state index in [0.717, 1.165) is 21.7 Å². The number of aliphatic hydroxyl groups excluding tert-OH is 1. The smallest absolute Gasteiger partial charge is 0.117 e. The molecule has 2 N–H and O–H groups in total. The molecule has 1 aliphatic carbocycles. The Kier molecular flexibility index (Phi) is 3.96. The lowest BCUT2D eigenvalue weighted by molar-refractivity contribution is 0.253. The number of hydrogen-bond donors (Lipinski definition) is 2. The van der Waals surface area contributed by atoms with Gasteiger partial charge in [0.2, 0.25) is 0 Å². The zero-order valence-electron chi connectivity index (χ0n) is 10.6. The van der Waals surface area contributed by atoms with E-state index in [0.29, 0.717) is 6.04 Å². The van der Waals surface area contributed by atoms with E-state index in [1.54, 1.807) is 18.1 Å². The van der Waals surface area contributed by atoms with Crippen LogP contribution < -0.4 is 5.32 Å². The Morgan fingerprint density at radius 3 is 2.95 bits per heavy atom. The van der Waals surface area contributed by atoms with Gasteiger partial charge in [-0.1, -0.05) is 18.2 Å². The molecule has 0 bridgehead atoms. The van der Waals surface area contributed by atoms with Gasteiger partial charge in [0.15, 0.2) is 0 Å². The minimum atomic E-state index is 0.145. The van der Waals surface area contributed by atoms with Crippen molar-refractivity contribution in [2.45, 2.75) is 30.0 Å². The van der Waals surface area contributed by atoms with Crippen LogP contribution in [-0.2, 0) is 0 Å².